The van der Waals surface area contributed by atoms with E-state index in [1.54, 1.807) is 31.2 Å². The molecule has 0 spiro atoms. The highest BCUT2D eigenvalue weighted by atomic mass is 16.6. The first-order chi connectivity index (χ1) is 18.3. The van der Waals surface area contributed by atoms with E-state index >= 15 is 0 Å². The van der Waals surface area contributed by atoms with Crippen LogP contribution in [0.15, 0.2) is 24.3 Å². The second-order valence-corrected chi connectivity index (χ2v) is 9.41. The molecule has 1 unspecified atom stereocenters. The number of esters is 1. The van der Waals surface area contributed by atoms with Gasteiger partial charge in [0.1, 0.15) is 23.0 Å². The molecule has 2 aromatic carbocycles. The number of rotatable bonds is 14. The number of ether oxygens (including phenoxy) is 4. The van der Waals surface area contributed by atoms with Gasteiger partial charge in [-0.1, -0.05) is 13.3 Å². The second-order valence-electron chi connectivity index (χ2n) is 9.41. The zero-order valence-corrected chi connectivity index (χ0v) is 22.8. The number of benzene rings is 2. The Kier molecular flexibility index (Phi) is 10.6. The van der Waals surface area contributed by atoms with Gasteiger partial charge in [-0.25, -0.2) is 4.79 Å². The van der Waals surface area contributed by atoms with Crippen LogP contribution in [0.4, 0.5) is 0 Å². The maximum atomic E-state index is 12.2. The average Bonchev–Trinajstić information content (AvgIpc) is 2.88. The van der Waals surface area contributed by atoms with E-state index in [1.807, 2.05) is 6.92 Å². The molecule has 0 aliphatic carbocycles. The molecule has 0 saturated carbocycles. The van der Waals surface area contributed by atoms with Crippen LogP contribution < -0.4 is 14.2 Å². The van der Waals surface area contributed by atoms with E-state index in [4.69, 9.17) is 18.9 Å². The molecule has 206 valence electrons. The second kappa shape index (κ2) is 13.8. The summed E-state index contributed by atoms with van der Waals surface area (Å²) in [7, 11) is 0. The zero-order valence-electron chi connectivity index (χ0n) is 22.8. The average molecular weight is 527 g/mol. The largest absolute Gasteiger partial charge is 0.507 e. The van der Waals surface area contributed by atoms with E-state index < -0.39 is 6.10 Å². The first-order valence-electron chi connectivity index (χ1n) is 13.4. The van der Waals surface area contributed by atoms with Crippen molar-refractivity contribution in [1.82, 2.24) is 0 Å². The summed E-state index contributed by atoms with van der Waals surface area (Å²) in [5, 5.41) is 10.5. The minimum Gasteiger partial charge on any atom is -0.507 e. The van der Waals surface area contributed by atoms with Crippen molar-refractivity contribution in [3.8, 4) is 23.0 Å². The summed E-state index contributed by atoms with van der Waals surface area (Å²) in [6.07, 6.45) is 4.28. The van der Waals surface area contributed by atoms with E-state index in [2.05, 4.69) is 0 Å². The Bertz CT molecular complexity index is 1150. The van der Waals surface area contributed by atoms with Crippen molar-refractivity contribution in [3.05, 3.63) is 46.5 Å². The Balaban J connectivity index is 1.52. The highest BCUT2D eigenvalue weighted by Crippen LogP contribution is 2.35. The third-order valence-electron chi connectivity index (χ3n) is 6.46. The summed E-state index contributed by atoms with van der Waals surface area (Å²) in [4.78, 5) is 36.1. The Morgan fingerprint density at radius 2 is 1.63 bits per heavy atom. The number of ketones is 2. The van der Waals surface area contributed by atoms with Gasteiger partial charge in [-0.3, -0.25) is 9.59 Å². The van der Waals surface area contributed by atoms with Crippen molar-refractivity contribution in [2.45, 2.75) is 78.7 Å². The minimum atomic E-state index is -0.656. The van der Waals surface area contributed by atoms with Gasteiger partial charge >= 0.3 is 5.97 Å². The fraction of sp³-hybridized carbons (Fsp3) is 0.500. The van der Waals surface area contributed by atoms with E-state index in [-0.39, 0.29) is 23.3 Å². The monoisotopic (exact) mass is 526 g/mol. The zero-order chi connectivity index (χ0) is 27.7. The highest BCUT2D eigenvalue weighted by molar-refractivity contribution is 5.98. The Morgan fingerprint density at radius 1 is 0.947 bits per heavy atom. The van der Waals surface area contributed by atoms with Gasteiger partial charge < -0.3 is 24.1 Å². The normalized spacial score (nSPS) is 14.3. The fourth-order valence-corrected chi connectivity index (χ4v) is 4.48. The van der Waals surface area contributed by atoms with Crippen molar-refractivity contribution < 1.29 is 38.4 Å². The molecule has 1 atom stereocenters. The summed E-state index contributed by atoms with van der Waals surface area (Å²) < 4.78 is 22.8. The standard InChI is InChI=1S/C30H38O8/c1-5-10-23-25(14-12-22(19(3)31)29(23)33)36-15-8-7-9-16-37-28-18-27-21(17-24(28)20(4)32)11-13-26(38-27)30(34)35-6-2/h12,14,17-18,26,33H,5-11,13,15-16H2,1-4H3. The number of carbonyl (C=O) groups is 3. The lowest BCUT2D eigenvalue weighted by atomic mass is 9.98. The Morgan fingerprint density at radius 3 is 2.26 bits per heavy atom. The highest BCUT2D eigenvalue weighted by Gasteiger charge is 2.29. The molecule has 3 rings (SSSR count). The Hall–Kier alpha value is -3.55. The van der Waals surface area contributed by atoms with Crippen LogP contribution in [0.2, 0.25) is 0 Å². The molecule has 8 nitrogen and oxygen atoms in total. The van der Waals surface area contributed by atoms with Crippen LogP contribution in [0.5, 0.6) is 23.0 Å². The number of carbonyl (C=O) groups excluding carboxylic acids is 3. The molecular weight excluding hydrogens is 488 g/mol. The van der Waals surface area contributed by atoms with Crippen LogP contribution in [0, 0.1) is 0 Å². The lowest BCUT2D eigenvalue weighted by molar-refractivity contribution is -0.152. The van der Waals surface area contributed by atoms with Crippen LogP contribution >= 0.6 is 0 Å². The van der Waals surface area contributed by atoms with Gasteiger partial charge in [-0.15, -0.1) is 0 Å². The predicted octanol–water partition coefficient (Wildman–Crippen LogP) is 5.63. The van der Waals surface area contributed by atoms with Crippen molar-refractivity contribution in [2.24, 2.45) is 0 Å². The van der Waals surface area contributed by atoms with Gasteiger partial charge in [0.2, 0.25) is 0 Å². The molecule has 1 aliphatic heterocycles. The molecule has 0 bridgehead atoms. The number of hydrogen-bond acceptors (Lipinski definition) is 8. The molecule has 0 fully saturated rings. The molecule has 8 heteroatoms. The van der Waals surface area contributed by atoms with E-state index in [1.165, 1.54) is 13.8 Å². The maximum Gasteiger partial charge on any atom is 0.347 e. The third kappa shape index (κ3) is 7.27. The number of unbranched alkanes of at least 4 members (excludes halogenated alkanes) is 2. The lowest BCUT2D eigenvalue weighted by Gasteiger charge is -2.26. The first-order valence-corrected chi connectivity index (χ1v) is 13.4. The number of hydrogen-bond donors (Lipinski definition) is 1. The quantitative estimate of drug-likeness (QED) is 0.192. The SMILES string of the molecule is CCCc1c(OCCCCCOc2cc3c(cc2C(C)=O)CCC(C(=O)OCC)O3)ccc(C(C)=O)c1O. The Labute approximate surface area is 224 Å². The van der Waals surface area contributed by atoms with Crippen molar-refractivity contribution in [1.29, 1.82) is 0 Å². The third-order valence-corrected chi connectivity index (χ3v) is 6.46. The van der Waals surface area contributed by atoms with Crippen LogP contribution in [0.3, 0.4) is 0 Å². The van der Waals surface area contributed by atoms with Crippen LogP contribution in [0.1, 0.15) is 91.6 Å². The van der Waals surface area contributed by atoms with Gasteiger partial charge in [0, 0.05) is 11.6 Å². The van der Waals surface area contributed by atoms with Crippen molar-refractivity contribution >= 4 is 17.5 Å². The molecule has 0 aromatic heterocycles. The molecule has 1 aliphatic rings. The van der Waals surface area contributed by atoms with E-state index in [0.29, 0.717) is 73.0 Å². The lowest BCUT2D eigenvalue weighted by Crippen LogP contribution is -2.33. The topological polar surface area (TPSA) is 108 Å². The summed E-state index contributed by atoms with van der Waals surface area (Å²) >= 11 is 0. The summed E-state index contributed by atoms with van der Waals surface area (Å²) in [6, 6.07) is 6.85. The van der Waals surface area contributed by atoms with Gasteiger partial charge in [0.25, 0.3) is 0 Å². The molecule has 0 saturated heterocycles. The number of aromatic hydroxyl groups is 1. The first kappa shape index (κ1) is 29.0. The van der Waals surface area contributed by atoms with Gasteiger partial charge in [-0.05, 0) is 83.1 Å². The molecular formula is C30H38O8. The van der Waals surface area contributed by atoms with E-state index in [0.717, 1.165) is 31.2 Å². The minimum absolute atomic E-state index is 0.00845. The van der Waals surface area contributed by atoms with E-state index in [9.17, 15) is 19.5 Å². The molecule has 0 amide bonds. The maximum absolute atomic E-state index is 12.2. The van der Waals surface area contributed by atoms with Gasteiger partial charge in [0.15, 0.2) is 17.7 Å². The summed E-state index contributed by atoms with van der Waals surface area (Å²) in [5.74, 6) is 0.951. The van der Waals surface area contributed by atoms with Gasteiger partial charge in [-0.2, -0.15) is 0 Å². The predicted molar refractivity (Wildman–Crippen MR) is 143 cm³/mol. The number of fused-ring (bicyclic) bond motifs is 1. The molecule has 1 N–H and O–H groups in total. The number of phenolic OH excluding ortho intramolecular Hbond substituents is 1. The van der Waals surface area contributed by atoms with Crippen LogP contribution in [-0.4, -0.2) is 48.6 Å². The smallest absolute Gasteiger partial charge is 0.347 e. The summed E-state index contributed by atoms with van der Waals surface area (Å²) in [6.45, 7) is 7.88. The van der Waals surface area contributed by atoms with Crippen molar-refractivity contribution in [2.75, 3.05) is 19.8 Å². The molecule has 38 heavy (non-hydrogen) atoms. The van der Waals surface area contributed by atoms with Gasteiger partial charge in [0.05, 0.1) is 30.9 Å². The fourth-order valence-electron chi connectivity index (χ4n) is 4.48. The molecule has 1 heterocycles. The van der Waals surface area contributed by atoms with Crippen LogP contribution in [-0.2, 0) is 22.4 Å². The summed E-state index contributed by atoms with van der Waals surface area (Å²) in [5.41, 5.74) is 2.36. The molecule has 0 radical (unpaired) electrons. The number of aryl methyl sites for hydroxylation is 1. The van der Waals surface area contributed by atoms with Crippen LogP contribution in [0.25, 0.3) is 0 Å². The number of Topliss-reactive ketones (excluding diaryl/α,β-unsaturated/α-hetero) is 2. The van der Waals surface area contributed by atoms with Crippen molar-refractivity contribution in [3.63, 3.8) is 0 Å². The molecule has 2 aromatic rings. The number of phenols is 1.